The Bertz CT molecular complexity index is 1050. The lowest BCUT2D eigenvalue weighted by Gasteiger charge is -2.09. The van der Waals surface area contributed by atoms with E-state index < -0.39 is 0 Å². The molecule has 5 heteroatoms. The van der Waals surface area contributed by atoms with Gasteiger partial charge in [-0.05, 0) is 42.3 Å². The standard InChI is InChI=1S/C22H20N2O3/c1-14-8-13-21(27-16(3)26)22-19(14)12-11-18(24-22)10-9-17-6-4-5-7-20(17)23-15(2)25/h4-13H,1-3H3,(H,23,25)/b10-9+. The van der Waals surface area contributed by atoms with E-state index in [0.29, 0.717) is 11.3 Å². The molecule has 0 bridgehead atoms. The van der Waals surface area contributed by atoms with Gasteiger partial charge in [0.05, 0.1) is 5.69 Å². The second kappa shape index (κ2) is 7.83. The lowest BCUT2D eigenvalue weighted by Crippen LogP contribution is -2.06. The van der Waals surface area contributed by atoms with Gasteiger partial charge in [0.15, 0.2) is 5.75 Å². The Kier molecular flexibility index (Phi) is 5.31. The van der Waals surface area contributed by atoms with Crippen LogP contribution >= 0.6 is 0 Å². The molecule has 1 heterocycles. The molecule has 27 heavy (non-hydrogen) atoms. The molecule has 0 fully saturated rings. The van der Waals surface area contributed by atoms with Gasteiger partial charge < -0.3 is 10.1 Å². The number of aromatic nitrogens is 1. The molecule has 0 aliphatic heterocycles. The highest BCUT2D eigenvalue weighted by molar-refractivity contribution is 5.93. The number of ether oxygens (including phenoxy) is 1. The summed E-state index contributed by atoms with van der Waals surface area (Å²) in [5, 5.41) is 3.74. The van der Waals surface area contributed by atoms with Crippen molar-refractivity contribution in [3.63, 3.8) is 0 Å². The fourth-order valence-electron chi connectivity index (χ4n) is 2.80. The third-order valence-electron chi connectivity index (χ3n) is 4.02. The quantitative estimate of drug-likeness (QED) is 0.545. The minimum atomic E-state index is -0.382. The first kappa shape index (κ1) is 18.3. The molecule has 0 saturated heterocycles. The maximum atomic E-state index is 11.4. The second-order valence-electron chi connectivity index (χ2n) is 6.21. The maximum absolute atomic E-state index is 11.4. The second-order valence-corrected chi connectivity index (χ2v) is 6.21. The first-order valence-electron chi connectivity index (χ1n) is 8.57. The highest BCUT2D eigenvalue weighted by Crippen LogP contribution is 2.28. The monoisotopic (exact) mass is 360 g/mol. The summed E-state index contributed by atoms with van der Waals surface area (Å²) in [6.45, 7) is 4.83. The Morgan fingerprint density at radius 1 is 1.00 bits per heavy atom. The molecule has 1 N–H and O–H groups in total. The van der Waals surface area contributed by atoms with Gasteiger partial charge in [0.1, 0.15) is 5.52 Å². The highest BCUT2D eigenvalue weighted by atomic mass is 16.5. The first-order chi connectivity index (χ1) is 12.9. The van der Waals surface area contributed by atoms with Crippen molar-refractivity contribution in [3.8, 4) is 5.75 Å². The smallest absolute Gasteiger partial charge is 0.308 e. The van der Waals surface area contributed by atoms with Crippen LogP contribution in [-0.4, -0.2) is 16.9 Å². The number of nitrogens with one attached hydrogen (secondary N) is 1. The molecular formula is C22H20N2O3. The fraction of sp³-hybridized carbons (Fsp3) is 0.136. The molecule has 3 rings (SSSR count). The molecule has 0 aliphatic rings. The zero-order valence-corrected chi connectivity index (χ0v) is 15.4. The fourth-order valence-corrected chi connectivity index (χ4v) is 2.80. The summed E-state index contributed by atoms with van der Waals surface area (Å²) in [4.78, 5) is 27.4. The summed E-state index contributed by atoms with van der Waals surface area (Å²) in [6, 6.07) is 15.1. The molecule has 0 aliphatic carbocycles. The minimum Gasteiger partial charge on any atom is -0.424 e. The molecular weight excluding hydrogens is 340 g/mol. The van der Waals surface area contributed by atoms with Crippen molar-refractivity contribution < 1.29 is 14.3 Å². The predicted molar refractivity (Wildman–Crippen MR) is 107 cm³/mol. The van der Waals surface area contributed by atoms with Crippen LogP contribution in [0.2, 0.25) is 0 Å². The maximum Gasteiger partial charge on any atom is 0.308 e. The Morgan fingerprint density at radius 2 is 1.78 bits per heavy atom. The average Bonchev–Trinajstić information content (AvgIpc) is 2.62. The third-order valence-corrected chi connectivity index (χ3v) is 4.02. The minimum absolute atomic E-state index is 0.124. The van der Waals surface area contributed by atoms with Crippen LogP contribution < -0.4 is 10.1 Å². The Labute approximate surface area is 157 Å². The Balaban J connectivity index is 2.00. The van der Waals surface area contributed by atoms with Crippen molar-refractivity contribution in [3.05, 3.63) is 65.4 Å². The zero-order valence-electron chi connectivity index (χ0n) is 15.4. The normalized spacial score (nSPS) is 10.9. The van der Waals surface area contributed by atoms with Crippen molar-refractivity contribution in [1.29, 1.82) is 0 Å². The Morgan fingerprint density at radius 3 is 2.52 bits per heavy atom. The van der Waals surface area contributed by atoms with E-state index in [1.54, 1.807) is 6.07 Å². The van der Waals surface area contributed by atoms with Gasteiger partial charge in [-0.1, -0.05) is 36.4 Å². The molecule has 3 aromatic rings. The van der Waals surface area contributed by atoms with E-state index in [4.69, 9.17) is 4.74 Å². The summed E-state index contributed by atoms with van der Waals surface area (Å²) in [6.07, 6.45) is 3.75. The molecule has 5 nitrogen and oxygen atoms in total. The van der Waals surface area contributed by atoms with E-state index >= 15 is 0 Å². The topological polar surface area (TPSA) is 68.3 Å². The Hall–Kier alpha value is -3.47. The molecule has 0 saturated carbocycles. The lowest BCUT2D eigenvalue weighted by molar-refractivity contribution is -0.131. The number of rotatable bonds is 4. The van der Waals surface area contributed by atoms with Crippen LogP contribution in [-0.2, 0) is 9.59 Å². The van der Waals surface area contributed by atoms with Crippen LogP contribution in [0.1, 0.15) is 30.7 Å². The molecule has 0 spiro atoms. The first-order valence-corrected chi connectivity index (χ1v) is 8.57. The molecule has 136 valence electrons. The van der Waals surface area contributed by atoms with Gasteiger partial charge in [-0.15, -0.1) is 0 Å². The van der Waals surface area contributed by atoms with E-state index in [2.05, 4.69) is 10.3 Å². The van der Waals surface area contributed by atoms with E-state index in [-0.39, 0.29) is 11.9 Å². The molecule has 0 radical (unpaired) electrons. The van der Waals surface area contributed by atoms with Gasteiger partial charge >= 0.3 is 5.97 Å². The number of aryl methyl sites for hydroxylation is 1. The van der Waals surface area contributed by atoms with Gasteiger partial charge in [-0.2, -0.15) is 0 Å². The van der Waals surface area contributed by atoms with Crippen molar-refractivity contribution in [2.75, 3.05) is 5.32 Å². The third kappa shape index (κ3) is 4.39. The van der Waals surface area contributed by atoms with Crippen LogP contribution in [0, 0.1) is 6.92 Å². The summed E-state index contributed by atoms with van der Waals surface area (Å²) in [5.74, 6) is -0.0645. The number of nitrogens with zero attached hydrogens (tertiary/aromatic N) is 1. The predicted octanol–water partition coefficient (Wildman–Crippen LogP) is 4.60. The van der Waals surface area contributed by atoms with E-state index in [1.807, 2.05) is 61.5 Å². The number of amides is 1. The van der Waals surface area contributed by atoms with E-state index in [9.17, 15) is 9.59 Å². The number of fused-ring (bicyclic) bond motifs is 1. The summed E-state index contributed by atoms with van der Waals surface area (Å²) in [5.41, 5.74) is 4.03. The summed E-state index contributed by atoms with van der Waals surface area (Å²) >= 11 is 0. The van der Waals surface area contributed by atoms with Crippen molar-refractivity contribution in [2.45, 2.75) is 20.8 Å². The number of esters is 1. The van der Waals surface area contributed by atoms with Crippen LogP contribution in [0.3, 0.4) is 0 Å². The van der Waals surface area contributed by atoms with E-state index in [0.717, 1.165) is 27.9 Å². The van der Waals surface area contributed by atoms with E-state index in [1.165, 1.54) is 13.8 Å². The van der Waals surface area contributed by atoms with Gasteiger partial charge in [0.25, 0.3) is 0 Å². The van der Waals surface area contributed by atoms with Gasteiger partial charge in [0.2, 0.25) is 5.91 Å². The molecule has 0 atom stereocenters. The van der Waals surface area contributed by atoms with Crippen LogP contribution in [0.4, 0.5) is 5.69 Å². The number of carbonyl (C=O) groups is 2. The SMILES string of the molecule is CC(=O)Nc1ccccc1/C=C/c1ccc2c(C)ccc(OC(C)=O)c2n1. The van der Waals surface area contributed by atoms with Crippen LogP contribution in [0.25, 0.3) is 23.1 Å². The average molecular weight is 360 g/mol. The number of anilines is 1. The number of hydrogen-bond donors (Lipinski definition) is 1. The van der Waals surface area contributed by atoms with Gasteiger partial charge in [0, 0.05) is 24.9 Å². The summed E-state index contributed by atoms with van der Waals surface area (Å²) in [7, 11) is 0. The van der Waals surface area contributed by atoms with Crippen LogP contribution in [0.5, 0.6) is 5.75 Å². The molecule has 1 amide bonds. The number of carbonyl (C=O) groups excluding carboxylic acids is 2. The van der Waals surface area contributed by atoms with Crippen molar-refractivity contribution in [1.82, 2.24) is 4.98 Å². The summed E-state index contributed by atoms with van der Waals surface area (Å²) < 4.78 is 5.29. The number of para-hydroxylation sites is 1. The number of hydrogen-bond acceptors (Lipinski definition) is 4. The van der Waals surface area contributed by atoms with Gasteiger partial charge in [-0.3, -0.25) is 9.59 Å². The zero-order chi connectivity index (χ0) is 19.4. The molecule has 1 aromatic heterocycles. The van der Waals surface area contributed by atoms with Crippen molar-refractivity contribution >= 4 is 40.6 Å². The number of benzene rings is 2. The molecule has 2 aromatic carbocycles. The van der Waals surface area contributed by atoms with Crippen molar-refractivity contribution in [2.24, 2.45) is 0 Å². The largest absolute Gasteiger partial charge is 0.424 e. The lowest BCUT2D eigenvalue weighted by atomic mass is 10.1. The molecule has 0 unspecified atom stereocenters. The number of pyridine rings is 1. The van der Waals surface area contributed by atoms with Gasteiger partial charge in [-0.25, -0.2) is 4.98 Å². The van der Waals surface area contributed by atoms with Crippen LogP contribution in [0.15, 0.2) is 48.5 Å². The highest BCUT2D eigenvalue weighted by Gasteiger charge is 2.09.